The Balaban J connectivity index is 1.66. The van der Waals surface area contributed by atoms with Crippen molar-refractivity contribution in [3.63, 3.8) is 0 Å². The second-order valence-electron chi connectivity index (χ2n) is 4.22. The molecule has 2 heterocycles. The van der Waals surface area contributed by atoms with E-state index < -0.39 is 0 Å². The molecule has 0 saturated heterocycles. The smallest absolute Gasteiger partial charge is 0.137 e. The van der Waals surface area contributed by atoms with E-state index in [0.29, 0.717) is 0 Å². The summed E-state index contributed by atoms with van der Waals surface area (Å²) in [7, 11) is 0. The third kappa shape index (κ3) is 2.98. The van der Waals surface area contributed by atoms with E-state index in [0.717, 1.165) is 24.5 Å². The van der Waals surface area contributed by atoms with Gasteiger partial charge in [0.1, 0.15) is 12.7 Å². The molecule has 0 bridgehead atoms. The predicted molar refractivity (Wildman–Crippen MR) is 71.5 cm³/mol. The number of rotatable bonds is 5. The molecule has 0 unspecified atom stereocenters. The molecule has 2 aromatic heterocycles. The lowest BCUT2D eigenvalue weighted by Gasteiger charge is -2.07. The first-order valence-corrected chi connectivity index (χ1v) is 6.02. The maximum atomic E-state index is 4.10. The molecular weight excluding hydrogens is 240 g/mol. The van der Waals surface area contributed by atoms with Gasteiger partial charge in [-0.2, -0.15) is 5.10 Å². The molecule has 0 aliphatic carbocycles. The number of anilines is 1. The van der Waals surface area contributed by atoms with Crippen LogP contribution in [0.5, 0.6) is 0 Å². The van der Waals surface area contributed by atoms with Gasteiger partial charge in [0.15, 0.2) is 0 Å². The van der Waals surface area contributed by atoms with Crippen LogP contribution in [0.25, 0.3) is 0 Å². The maximum absolute atomic E-state index is 4.10. The summed E-state index contributed by atoms with van der Waals surface area (Å²) in [6.45, 7) is 1.45. The molecule has 0 atom stereocenters. The Labute approximate surface area is 110 Å². The van der Waals surface area contributed by atoms with Crippen molar-refractivity contribution in [3.05, 3.63) is 60.7 Å². The highest BCUT2D eigenvalue weighted by Gasteiger charge is 1.99. The van der Waals surface area contributed by atoms with Gasteiger partial charge in [0.05, 0.1) is 25.1 Å². The summed E-state index contributed by atoms with van der Waals surface area (Å²) in [4.78, 5) is 11.0. The summed E-state index contributed by atoms with van der Waals surface area (Å²) >= 11 is 0. The van der Waals surface area contributed by atoms with Crippen molar-refractivity contribution in [2.24, 2.45) is 0 Å². The largest absolute Gasteiger partial charge is 0.379 e. The summed E-state index contributed by atoms with van der Waals surface area (Å²) in [5, 5.41) is 7.45. The minimum absolute atomic E-state index is 0.722. The van der Waals surface area contributed by atoms with E-state index >= 15 is 0 Å². The van der Waals surface area contributed by atoms with E-state index in [1.807, 2.05) is 18.3 Å². The van der Waals surface area contributed by atoms with E-state index in [4.69, 9.17) is 0 Å². The summed E-state index contributed by atoms with van der Waals surface area (Å²) in [5.74, 6) is 0. The van der Waals surface area contributed by atoms with Crippen molar-refractivity contribution >= 4 is 5.69 Å². The average Bonchev–Trinajstić information content (AvgIpc) is 3.10. The standard InChI is InChI=1S/C13H14N6/c1-2-11(7-19-10-15-9-18-19)4-12(3-1)16-6-13-5-14-8-17-13/h1-5,8-10,16H,6-7H2,(H,14,17). The normalized spacial score (nSPS) is 10.5. The molecule has 0 amide bonds. The van der Waals surface area contributed by atoms with Crippen LogP contribution in [0, 0.1) is 0 Å². The second kappa shape index (κ2) is 5.34. The third-order valence-electron chi connectivity index (χ3n) is 2.78. The highest BCUT2D eigenvalue weighted by atomic mass is 15.3. The van der Waals surface area contributed by atoms with Crippen molar-refractivity contribution in [1.82, 2.24) is 24.7 Å². The van der Waals surface area contributed by atoms with Crippen molar-refractivity contribution in [3.8, 4) is 0 Å². The highest BCUT2D eigenvalue weighted by molar-refractivity contribution is 5.45. The molecule has 0 saturated carbocycles. The van der Waals surface area contributed by atoms with Crippen LogP contribution in [-0.2, 0) is 13.1 Å². The van der Waals surface area contributed by atoms with Gasteiger partial charge in [0, 0.05) is 11.9 Å². The number of nitrogens with one attached hydrogen (secondary N) is 2. The number of hydrogen-bond donors (Lipinski definition) is 2. The molecule has 0 spiro atoms. The van der Waals surface area contributed by atoms with Gasteiger partial charge >= 0.3 is 0 Å². The Morgan fingerprint density at radius 2 is 2.26 bits per heavy atom. The Kier molecular flexibility index (Phi) is 3.22. The minimum Gasteiger partial charge on any atom is -0.379 e. The maximum Gasteiger partial charge on any atom is 0.137 e. The van der Waals surface area contributed by atoms with Gasteiger partial charge in [0.25, 0.3) is 0 Å². The SMILES string of the molecule is c1cc(Cn2cncn2)cc(NCc2cnc[nH]2)c1. The minimum atomic E-state index is 0.722. The first-order chi connectivity index (χ1) is 9.40. The van der Waals surface area contributed by atoms with Crippen LogP contribution in [0.1, 0.15) is 11.3 Å². The molecule has 0 radical (unpaired) electrons. The number of H-pyrrole nitrogens is 1. The van der Waals surface area contributed by atoms with Crippen LogP contribution >= 0.6 is 0 Å². The molecular formula is C13H14N6. The number of hydrogen-bond acceptors (Lipinski definition) is 4. The first-order valence-electron chi connectivity index (χ1n) is 6.02. The first kappa shape index (κ1) is 11.5. The molecule has 3 aromatic rings. The lowest BCUT2D eigenvalue weighted by molar-refractivity contribution is 0.685. The van der Waals surface area contributed by atoms with E-state index in [2.05, 4.69) is 37.5 Å². The van der Waals surface area contributed by atoms with Crippen LogP contribution in [0.15, 0.2) is 49.4 Å². The molecule has 0 fully saturated rings. The van der Waals surface area contributed by atoms with E-state index in [1.165, 1.54) is 5.56 Å². The molecule has 0 aliphatic rings. The number of aromatic nitrogens is 5. The quantitative estimate of drug-likeness (QED) is 0.726. The van der Waals surface area contributed by atoms with Crippen molar-refractivity contribution in [1.29, 1.82) is 0 Å². The zero-order chi connectivity index (χ0) is 12.9. The summed E-state index contributed by atoms with van der Waals surface area (Å²) < 4.78 is 1.80. The van der Waals surface area contributed by atoms with Crippen molar-refractivity contribution in [2.45, 2.75) is 13.1 Å². The molecule has 6 heteroatoms. The lowest BCUT2D eigenvalue weighted by atomic mass is 10.2. The fourth-order valence-electron chi connectivity index (χ4n) is 1.86. The van der Waals surface area contributed by atoms with Crippen LogP contribution in [-0.4, -0.2) is 24.7 Å². The zero-order valence-corrected chi connectivity index (χ0v) is 10.3. The van der Waals surface area contributed by atoms with Crippen molar-refractivity contribution in [2.75, 3.05) is 5.32 Å². The van der Waals surface area contributed by atoms with Gasteiger partial charge in [-0.1, -0.05) is 12.1 Å². The predicted octanol–water partition coefficient (Wildman–Crippen LogP) is 1.66. The topological polar surface area (TPSA) is 71.4 Å². The Morgan fingerprint density at radius 3 is 3.05 bits per heavy atom. The molecule has 96 valence electrons. The van der Waals surface area contributed by atoms with Crippen LogP contribution in [0.4, 0.5) is 5.69 Å². The van der Waals surface area contributed by atoms with Gasteiger partial charge in [-0.05, 0) is 17.7 Å². The second-order valence-corrected chi connectivity index (χ2v) is 4.22. The highest BCUT2D eigenvalue weighted by Crippen LogP contribution is 2.12. The van der Waals surface area contributed by atoms with Gasteiger partial charge in [-0.3, -0.25) is 0 Å². The van der Waals surface area contributed by atoms with Gasteiger partial charge in [-0.15, -0.1) is 0 Å². The zero-order valence-electron chi connectivity index (χ0n) is 10.3. The molecule has 19 heavy (non-hydrogen) atoms. The van der Waals surface area contributed by atoms with Crippen LogP contribution < -0.4 is 5.32 Å². The van der Waals surface area contributed by atoms with E-state index in [9.17, 15) is 0 Å². The van der Waals surface area contributed by atoms with Gasteiger partial charge in [0.2, 0.25) is 0 Å². The summed E-state index contributed by atoms with van der Waals surface area (Å²) in [5.41, 5.74) is 3.31. The van der Waals surface area contributed by atoms with Gasteiger partial charge < -0.3 is 10.3 Å². The Hall–Kier alpha value is -2.63. The molecule has 2 N–H and O–H groups in total. The van der Waals surface area contributed by atoms with Crippen LogP contribution in [0.2, 0.25) is 0 Å². The fourth-order valence-corrected chi connectivity index (χ4v) is 1.86. The fraction of sp³-hybridized carbons (Fsp3) is 0.154. The molecule has 0 aliphatic heterocycles. The van der Waals surface area contributed by atoms with Gasteiger partial charge in [-0.25, -0.2) is 14.6 Å². The average molecular weight is 254 g/mol. The summed E-state index contributed by atoms with van der Waals surface area (Å²) in [6, 6.07) is 8.25. The summed E-state index contributed by atoms with van der Waals surface area (Å²) in [6.07, 6.45) is 6.75. The van der Waals surface area contributed by atoms with E-state index in [-0.39, 0.29) is 0 Å². The Bertz CT molecular complexity index is 614. The molecule has 6 nitrogen and oxygen atoms in total. The molecule has 3 rings (SSSR count). The lowest BCUT2D eigenvalue weighted by Crippen LogP contribution is -2.02. The number of aromatic amines is 1. The van der Waals surface area contributed by atoms with E-state index in [1.54, 1.807) is 23.7 Å². The number of benzene rings is 1. The number of imidazole rings is 1. The Morgan fingerprint density at radius 1 is 1.26 bits per heavy atom. The third-order valence-corrected chi connectivity index (χ3v) is 2.78. The van der Waals surface area contributed by atoms with Crippen molar-refractivity contribution < 1.29 is 0 Å². The van der Waals surface area contributed by atoms with Crippen LogP contribution in [0.3, 0.4) is 0 Å². The monoisotopic (exact) mass is 254 g/mol. The molecule has 1 aromatic carbocycles. The number of nitrogens with zero attached hydrogens (tertiary/aromatic N) is 4.